The lowest BCUT2D eigenvalue weighted by Gasteiger charge is -2.16. The summed E-state index contributed by atoms with van der Waals surface area (Å²) in [6.07, 6.45) is 0.705. The van der Waals surface area contributed by atoms with Crippen LogP contribution in [-0.4, -0.2) is 31.0 Å². The quantitative estimate of drug-likeness (QED) is 0.463. The van der Waals surface area contributed by atoms with E-state index in [1.165, 1.54) is 0 Å². The maximum absolute atomic E-state index is 11.8. The number of aliphatic carboxylic acids is 1. The smallest absolute Gasteiger partial charge is 0.230 e. The maximum Gasteiger partial charge on any atom is 0.230 e. The Morgan fingerprint density at radius 3 is 2.80 bits per heavy atom. The van der Waals surface area contributed by atoms with Crippen molar-refractivity contribution >= 4 is 17.6 Å². The Balaban J connectivity index is 2.51. The number of carbonyl (C=O) groups is 2. The molecule has 0 saturated heterocycles. The van der Waals surface area contributed by atoms with Crippen LogP contribution in [0.4, 0.5) is 5.69 Å². The van der Waals surface area contributed by atoms with Gasteiger partial charge in [0.2, 0.25) is 5.91 Å². The average molecular weight is 280 g/mol. The lowest BCUT2D eigenvalue weighted by atomic mass is 10.1. The number of carbonyl (C=O) groups excluding carboxylic acids is 2. The SMILES string of the molecule is Cc1cccc(NC(=O)C[C@@H]([NH2+]CCC[NH3+])C(=O)[O-])c1. The first-order chi connectivity index (χ1) is 9.52. The highest BCUT2D eigenvalue weighted by molar-refractivity contribution is 5.93. The molecule has 0 aliphatic rings. The zero-order valence-corrected chi connectivity index (χ0v) is 11.7. The van der Waals surface area contributed by atoms with Gasteiger partial charge in [-0.1, -0.05) is 12.1 Å². The van der Waals surface area contributed by atoms with Crippen LogP contribution in [0.1, 0.15) is 18.4 Å². The van der Waals surface area contributed by atoms with Gasteiger partial charge in [-0.15, -0.1) is 0 Å². The number of carboxylic acids is 1. The summed E-state index contributed by atoms with van der Waals surface area (Å²) in [4.78, 5) is 22.8. The van der Waals surface area contributed by atoms with Gasteiger partial charge in [-0.25, -0.2) is 0 Å². The molecular weight excluding hydrogens is 258 g/mol. The van der Waals surface area contributed by atoms with Gasteiger partial charge in [0.25, 0.3) is 0 Å². The molecule has 1 aromatic rings. The van der Waals surface area contributed by atoms with E-state index in [2.05, 4.69) is 11.1 Å². The summed E-state index contributed by atoms with van der Waals surface area (Å²) in [5.74, 6) is -1.54. The highest BCUT2D eigenvalue weighted by Gasteiger charge is 2.18. The van der Waals surface area contributed by atoms with Crippen molar-refractivity contribution in [3.05, 3.63) is 29.8 Å². The monoisotopic (exact) mass is 280 g/mol. The highest BCUT2D eigenvalue weighted by Crippen LogP contribution is 2.09. The van der Waals surface area contributed by atoms with Crippen LogP contribution in [0.2, 0.25) is 0 Å². The third-order valence-electron chi connectivity index (χ3n) is 2.92. The second-order valence-corrected chi connectivity index (χ2v) is 4.78. The van der Waals surface area contributed by atoms with Gasteiger partial charge in [-0.2, -0.15) is 0 Å². The summed E-state index contributed by atoms with van der Waals surface area (Å²) >= 11 is 0. The Hall–Kier alpha value is -1.92. The topological polar surface area (TPSA) is 113 Å². The Bertz CT molecular complexity index is 463. The van der Waals surface area contributed by atoms with Gasteiger partial charge in [0, 0.05) is 12.1 Å². The third kappa shape index (κ3) is 5.81. The minimum absolute atomic E-state index is 0.104. The van der Waals surface area contributed by atoms with E-state index in [4.69, 9.17) is 0 Å². The number of benzene rings is 1. The van der Waals surface area contributed by atoms with Gasteiger partial charge >= 0.3 is 0 Å². The molecule has 1 amide bonds. The minimum Gasteiger partial charge on any atom is -0.544 e. The molecule has 0 bridgehead atoms. The van der Waals surface area contributed by atoms with Crippen LogP contribution in [-0.2, 0) is 9.59 Å². The van der Waals surface area contributed by atoms with E-state index < -0.39 is 12.0 Å². The molecule has 0 unspecified atom stereocenters. The molecule has 0 saturated carbocycles. The number of rotatable bonds is 8. The van der Waals surface area contributed by atoms with Crippen molar-refractivity contribution < 1.29 is 25.7 Å². The number of quaternary nitrogens is 2. The van der Waals surface area contributed by atoms with Gasteiger partial charge in [-0.3, -0.25) is 4.79 Å². The van der Waals surface area contributed by atoms with Crippen molar-refractivity contribution in [3.8, 4) is 0 Å². The van der Waals surface area contributed by atoms with E-state index >= 15 is 0 Å². The first-order valence-electron chi connectivity index (χ1n) is 6.73. The molecule has 110 valence electrons. The van der Waals surface area contributed by atoms with E-state index in [1.807, 2.05) is 25.1 Å². The predicted octanol–water partition coefficient (Wildman–Crippen LogP) is -2.36. The normalized spacial score (nSPS) is 11.9. The molecule has 0 aliphatic carbocycles. The fourth-order valence-corrected chi connectivity index (χ4v) is 1.86. The molecule has 0 radical (unpaired) electrons. The maximum atomic E-state index is 11.8. The summed E-state index contributed by atoms with van der Waals surface area (Å²) in [6.45, 7) is 3.29. The summed E-state index contributed by atoms with van der Waals surface area (Å²) in [6, 6.07) is 6.50. The zero-order valence-electron chi connectivity index (χ0n) is 11.7. The lowest BCUT2D eigenvalue weighted by Crippen LogP contribution is -2.93. The standard InChI is InChI=1S/C14H21N3O3/c1-10-4-2-5-11(8-10)17-13(18)9-12(14(19)20)16-7-3-6-15/h2,4-5,8,12,16H,3,6-7,9,15H2,1H3,(H,17,18)(H,19,20)/p+1/t12-/m1/s1. The summed E-state index contributed by atoms with van der Waals surface area (Å²) < 4.78 is 0. The number of hydrogen-bond acceptors (Lipinski definition) is 3. The molecule has 0 aromatic heterocycles. The van der Waals surface area contributed by atoms with Crippen LogP contribution >= 0.6 is 0 Å². The fourth-order valence-electron chi connectivity index (χ4n) is 1.86. The van der Waals surface area contributed by atoms with E-state index in [-0.39, 0.29) is 12.3 Å². The number of anilines is 1. The van der Waals surface area contributed by atoms with Gasteiger partial charge in [0.05, 0.1) is 25.5 Å². The molecule has 6 nitrogen and oxygen atoms in total. The molecule has 6 heteroatoms. The molecular formula is C14H22N3O3+. The molecule has 20 heavy (non-hydrogen) atoms. The fraction of sp³-hybridized carbons (Fsp3) is 0.429. The Morgan fingerprint density at radius 2 is 2.20 bits per heavy atom. The number of hydrogen-bond donors (Lipinski definition) is 3. The second kappa shape index (κ2) is 8.29. The van der Waals surface area contributed by atoms with Crippen molar-refractivity contribution in [1.82, 2.24) is 0 Å². The van der Waals surface area contributed by atoms with Gasteiger partial charge < -0.3 is 26.3 Å². The van der Waals surface area contributed by atoms with Crippen molar-refractivity contribution in [2.75, 3.05) is 18.4 Å². The van der Waals surface area contributed by atoms with Crippen LogP contribution < -0.4 is 21.5 Å². The molecule has 0 fully saturated rings. The average Bonchev–Trinajstić information content (AvgIpc) is 2.37. The largest absolute Gasteiger partial charge is 0.544 e. The number of nitrogens with one attached hydrogen (secondary N) is 1. The van der Waals surface area contributed by atoms with E-state index in [9.17, 15) is 14.7 Å². The number of amides is 1. The van der Waals surface area contributed by atoms with Gasteiger partial charge in [-0.05, 0) is 24.6 Å². The number of aryl methyl sites for hydroxylation is 1. The number of carboxylic acid groups (broad SMARTS) is 1. The Labute approximate surface area is 118 Å². The second-order valence-electron chi connectivity index (χ2n) is 4.78. The van der Waals surface area contributed by atoms with Crippen molar-refractivity contribution in [2.45, 2.75) is 25.8 Å². The molecule has 0 heterocycles. The summed E-state index contributed by atoms with van der Waals surface area (Å²) in [7, 11) is 0. The van der Waals surface area contributed by atoms with Crippen molar-refractivity contribution in [3.63, 3.8) is 0 Å². The van der Waals surface area contributed by atoms with Crippen LogP contribution in [0.25, 0.3) is 0 Å². The first-order valence-corrected chi connectivity index (χ1v) is 6.73. The summed E-state index contributed by atoms with van der Waals surface area (Å²) in [5.41, 5.74) is 5.39. The number of nitrogens with two attached hydrogens (primary N) is 1. The molecule has 1 rings (SSSR count). The van der Waals surface area contributed by atoms with E-state index in [0.29, 0.717) is 12.2 Å². The van der Waals surface area contributed by atoms with Crippen LogP contribution in [0.5, 0.6) is 0 Å². The highest BCUT2D eigenvalue weighted by atomic mass is 16.4. The van der Waals surface area contributed by atoms with Gasteiger partial charge in [0.1, 0.15) is 6.04 Å². The molecule has 0 spiro atoms. The predicted molar refractivity (Wildman–Crippen MR) is 72.4 cm³/mol. The van der Waals surface area contributed by atoms with E-state index in [0.717, 1.165) is 18.5 Å². The minimum atomic E-state index is -1.21. The summed E-state index contributed by atoms with van der Waals surface area (Å²) in [5, 5.41) is 15.3. The zero-order chi connectivity index (χ0) is 15.0. The molecule has 1 aromatic carbocycles. The van der Waals surface area contributed by atoms with E-state index in [1.54, 1.807) is 11.4 Å². The van der Waals surface area contributed by atoms with Crippen LogP contribution in [0.15, 0.2) is 24.3 Å². The Morgan fingerprint density at radius 1 is 1.45 bits per heavy atom. The van der Waals surface area contributed by atoms with Crippen molar-refractivity contribution in [2.24, 2.45) is 0 Å². The lowest BCUT2D eigenvalue weighted by molar-refractivity contribution is -0.684. The van der Waals surface area contributed by atoms with Crippen LogP contribution in [0, 0.1) is 6.92 Å². The third-order valence-corrected chi connectivity index (χ3v) is 2.92. The van der Waals surface area contributed by atoms with Gasteiger partial charge in [0.15, 0.2) is 0 Å². The molecule has 1 atom stereocenters. The molecule has 0 aliphatic heterocycles. The first kappa shape index (κ1) is 16.1. The molecule has 6 N–H and O–H groups in total. The van der Waals surface area contributed by atoms with Crippen molar-refractivity contribution in [1.29, 1.82) is 0 Å². The Kier molecular flexibility index (Phi) is 6.69. The van der Waals surface area contributed by atoms with Crippen LogP contribution in [0.3, 0.4) is 0 Å².